The van der Waals surface area contributed by atoms with E-state index < -0.39 is 0 Å². The number of amides is 1. The molecule has 2 aromatic heterocycles. The van der Waals surface area contributed by atoms with E-state index in [9.17, 15) is 9.59 Å². The van der Waals surface area contributed by atoms with Gasteiger partial charge in [0.2, 0.25) is 11.0 Å². The average molecular weight is 478 g/mol. The SMILES string of the molecule is CCOC(=O)Cc1csc(NC(=O)CSc2nnc(Nc3c(C)cccc3CC)s2)n1. The number of nitrogens with zero attached hydrogens (tertiary/aromatic N) is 3. The second-order valence-corrected chi connectivity index (χ2v) is 9.48. The third-order valence-corrected chi connectivity index (χ3v) is 6.91. The zero-order chi connectivity index (χ0) is 22.2. The standard InChI is InChI=1S/C20H23N5O3S3/c1-4-13-8-6-7-12(3)17(13)23-19-24-25-20(31-19)30-11-15(26)22-18-21-14(10-29-18)9-16(27)28-5-2/h6-8,10H,4-5,9,11H2,1-3H3,(H,23,24)(H,21,22,26). The van der Waals surface area contributed by atoms with Gasteiger partial charge >= 0.3 is 5.97 Å². The fourth-order valence-corrected chi connectivity index (χ4v) is 5.00. The number of rotatable bonds is 10. The summed E-state index contributed by atoms with van der Waals surface area (Å²) in [7, 11) is 0. The average Bonchev–Trinajstić information content (AvgIpc) is 3.37. The second-order valence-electron chi connectivity index (χ2n) is 6.42. The number of benzene rings is 1. The van der Waals surface area contributed by atoms with Crippen LogP contribution in [0.25, 0.3) is 0 Å². The van der Waals surface area contributed by atoms with Crippen LogP contribution in [0.2, 0.25) is 0 Å². The van der Waals surface area contributed by atoms with Gasteiger partial charge in [0.15, 0.2) is 9.47 Å². The molecule has 3 rings (SSSR count). The highest BCUT2D eigenvalue weighted by molar-refractivity contribution is 8.01. The summed E-state index contributed by atoms with van der Waals surface area (Å²) in [4.78, 5) is 28.0. The molecule has 0 aliphatic carbocycles. The summed E-state index contributed by atoms with van der Waals surface area (Å²) in [5.41, 5.74) is 4.00. The molecule has 0 spiro atoms. The number of aromatic nitrogens is 3. The van der Waals surface area contributed by atoms with Crippen LogP contribution in [0.3, 0.4) is 0 Å². The lowest BCUT2D eigenvalue weighted by molar-refractivity contribution is -0.142. The van der Waals surface area contributed by atoms with Gasteiger partial charge in [-0.15, -0.1) is 21.5 Å². The van der Waals surface area contributed by atoms with Gasteiger partial charge in [-0.2, -0.15) is 0 Å². The maximum atomic E-state index is 12.2. The summed E-state index contributed by atoms with van der Waals surface area (Å²) >= 11 is 3.99. The number of aryl methyl sites for hydroxylation is 2. The number of carbonyl (C=O) groups excluding carboxylic acids is 2. The van der Waals surface area contributed by atoms with Gasteiger partial charge in [0.05, 0.1) is 24.5 Å². The zero-order valence-electron chi connectivity index (χ0n) is 17.4. The third-order valence-electron chi connectivity index (χ3n) is 4.13. The van der Waals surface area contributed by atoms with Crippen molar-refractivity contribution in [1.82, 2.24) is 15.2 Å². The van der Waals surface area contributed by atoms with E-state index in [0.29, 0.717) is 26.9 Å². The van der Waals surface area contributed by atoms with Gasteiger partial charge < -0.3 is 15.4 Å². The van der Waals surface area contributed by atoms with Crippen LogP contribution in [0, 0.1) is 6.92 Å². The number of hydrogen-bond acceptors (Lipinski definition) is 10. The van der Waals surface area contributed by atoms with Crippen molar-refractivity contribution < 1.29 is 14.3 Å². The van der Waals surface area contributed by atoms with Crippen LogP contribution < -0.4 is 10.6 Å². The van der Waals surface area contributed by atoms with E-state index in [-0.39, 0.29) is 24.1 Å². The van der Waals surface area contributed by atoms with Crippen molar-refractivity contribution in [3.05, 3.63) is 40.4 Å². The third kappa shape index (κ3) is 6.74. The van der Waals surface area contributed by atoms with Gasteiger partial charge in [-0.05, 0) is 31.4 Å². The molecule has 0 aliphatic heterocycles. The fraction of sp³-hybridized carbons (Fsp3) is 0.350. The zero-order valence-corrected chi connectivity index (χ0v) is 19.9. The molecule has 0 saturated heterocycles. The van der Waals surface area contributed by atoms with Gasteiger partial charge in [-0.1, -0.05) is 48.2 Å². The highest BCUT2D eigenvalue weighted by Gasteiger charge is 2.13. The lowest BCUT2D eigenvalue weighted by Gasteiger charge is -2.11. The number of hydrogen-bond donors (Lipinski definition) is 2. The first-order valence-corrected chi connectivity index (χ1v) is 12.4. The first-order valence-electron chi connectivity index (χ1n) is 9.70. The van der Waals surface area contributed by atoms with E-state index in [1.54, 1.807) is 12.3 Å². The van der Waals surface area contributed by atoms with Crippen LogP contribution in [0.5, 0.6) is 0 Å². The molecule has 2 N–H and O–H groups in total. The molecule has 2 heterocycles. The monoisotopic (exact) mass is 477 g/mol. The molecular formula is C20H23N5O3S3. The van der Waals surface area contributed by atoms with Crippen molar-refractivity contribution in [2.75, 3.05) is 23.0 Å². The second kappa shape index (κ2) is 11.2. The molecule has 3 aromatic rings. The van der Waals surface area contributed by atoms with Crippen LogP contribution in [0.1, 0.15) is 30.7 Å². The first kappa shape index (κ1) is 23.2. The summed E-state index contributed by atoms with van der Waals surface area (Å²) in [6.07, 6.45) is 1.01. The molecule has 11 heteroatoms. The van der Waals surface area contributed by atoms with Crippen molar-refractivity contribution >= 4 is 62.3 Å². The van der Waals surface area contributed by atoms with Gasteiger partial charge in [0.1, 0.15) is 0 Å². The smallest absolute Gasteiger partial charge is 0.311 e. The topological polar surface area (TPSA) is 106 Å². The Morgan fingerprint density at radius 3 is 2.81 bits per heavy atom. The van der Waals surface area contributed by atoms with Gasteiger partial charge in [0.25, 0.3) is 0 Å². The van der Waals surface area contributed by atoms with Gasteiger partial charge in [-0.3, -0.25) is 9.59 Å². The fourth-order valence-electron chi connectivity index (χ4n) is 2.72. The maximum absolute atomic E-state index is 12.2. The van der Waals surface area contributed by atoms with E-state index in [2.05, 4.69) is 51.8 Å². The molecule has 1 aromatic carbocycles. The van der Waals surface area contributed by atoms with Crippen molar-refractivity contribution in [2.24, 2.45) is 0 Å². The Hall–Kier alpha value is -2.50. The van der Waals surface area contributed by atoms with Crippen LogP contribution in [-0.2, 0) is 27.2 Å². The molecule has 0 bridgehead atoms. The number of thioether (sulfide) groups is 1. The van der Waals surface area contributed by atoms with Crippen LogP contribution in [0.15, 0.2) is 27.9 Å². The highest BCUT2D eigenvalue weighted by atomic mass is 32.2. The number of ether oxygens (including phenoxy) is 1. The number of para-hydroxylation sites is 1. The summed E-state index contributed by atoms with van der Waals surface area (Å²) in [6, 6.07) is 6.19. The minimum Gasteiger partial charge on any atom is -0.466 e. The molecule has 1 amide bonds. The highest BCUT2D eigenvalue weighted by Crippen LogP contribution is 2.30. The summed E-state index contributed by atoms with van der Waals surface area (Å²) < 4.78 is 5.60. The summed E-state index contributed by atoms with van der Waals surface area (Å²) in [5.74, 6) is -0.344. The molecule has 164 valence electrons. The van der Waals surface area contributed by atoms with E-state index in [1.807, 2.05) is 6.07 Å². The van der Waals surface area contributed by atoms with Crippen molar-refractivity contribution in [3.8, 4) is 0 Å². The molecule has 0 unspecified atom stereocenters. The van der Waals surface area contributed by atoms with Crippen LogP contribution in [-0.4, -0.2) is 39.4 Å². The van der Waals surface area contributed by atoms with Crippen molar-refractivity contribution in [3.63, 3.8) is 0 Å². The van der Waals surface area contributed by atoms with Gasteiger partial charge in [0, 0.05) is 11.1 Å². The molecule has 0 radical (unpaired) electrons. The minimum atomic E-state index is -0.335. The molecule has 0 aliphatic rings. The number of anilines is 3. The van der Waals surface area contributed by atoms with E-state index in [0.717, 1.165) is 17.7 Å². The predicted octanol–water partition coefficient (Wildman–Crippen LogP) is 4.45. The predicted molar refractivity (Wildman–Crippen MR) is 126 cm³/mol. The molecular weight excluding hydrogens is 454 g/mol. The van der Waals surface area contributed by atoms with Crippen LogP contribution >= 0.6 is 34.4 Å². The number of esters is 1. The lowest BCUT2D eigenvalue weighted by atomic mass is 10.1. The molecule has 31 heavy (non-hydrogen) atoms. The Balaban J connectivity index is 1.50. The molecule has 0 atom stereocenters. The summed E-state index contributed by atoms with van der Waals surface area (Å²) in [5, 5.41) is 17.3. The Morgan fingerprint density at radius 2 is 2.03 bits per heavy atom. The number of carbonyl (C=O) groups is 2. The largest absolute Gasteiger partial charge is 0.466 e. The Morgan fingerprint density at radius 1 is 1.19 bits per heavy atom. The van der Waals surface area contributed by atoms with Crippen molar-refractivity contribution in [2.45, 2.75) is 38.0 Å². The van der Waals surface area contributed by atoms with Crippen molar-refractivity contribution in [1.29, 1.82) is 0 Å². The Bertz CT molecular complexity index is 1050. The molecule has 0 saturated carbocycles. The minimum absolute atomic E-state index is 0.0934. The summed E-state index contributed by atoms with van der Waals surface area (Å²) in [6.45, 7) is 6.25. The number of thiazole rings is 1. The lowest BCUT2D eigenvalue weighted by Crippen LogP contribution is -2.14. The van der Waals surface area contributed by atoms with E-state index >= 15 is 0 Å². The first-order chi connectivity index (χ1) is 15.0. The quantitative estimate of drug-likeness (QED) is 0.326. The maximum Gasteiger partial charge on any atom is 0.311 e. The Kier molecular flexibility index (Phi) is 8.38. The normalized spacial score (nSPS) is 10.7. The van der Waals surface area contributed by atoms with Crippen LogP contribution in [0.4, 0.5) is 16.0 Å². The Labute approximate surface area is 192 Å². The van der Waals surface area contributed by atoms with E-state index in [1.165, 1.54) is 40.0 Å². The number of nitrogens with one attached hydrogen (secondary N) is 2. The van der Waals surface area contributed by atoms with E-state index in [4.69, 9.17) is 4.74 Å². The molecule has 8 nitrogen and oxygen atoms in total. The van der Waals surface area contributed by atoms with Gasteiger partial charge in [-0.25, -0.2) is 4.98 Å². The molecule has 0 fully saturated rings.